The largest absolute Gasteiger partial charge is 0.264 e. The highest BCUT2D eigenvalue weighted by atomic mass is 32.1. The van der Waals surface area contributed by atoms with Gasteiger partial charge in [0.15, 0.2) is 0 Å². The van der Waals surface area contributed by atoms with Gasteiger partial charge < -0.3 is 0 Å². The van der Waals surface area contributed by atoms with Crippen LogP contribution in [0.15, 0.2) is 29.9 Å². The van der Waals surface area contributed by atoms with Crippen molar-refractivity contribution in [1.82, 2.24) is 4.98 Å². The Bertz CT molecular complexity index is 193. The van der Waals surface area contributed by atoms with Gasteiger partial charge in [-0.2, -0.15) is 0 Å². The molecule has 0 fully saturated rings. The van der Waals surface area contributed by atoms with Crippen LogP contribution in [0.1, 0.15) is 5.56 Å². The maximum atomic E-state index is 4.63. The molecule has 0 unspecified atom stereocenters. The molecule has 45 valence electrons. The molecule has 1 aromatic rings. The van der Waals surface area contributed by atoms with Gasteiger partial charge in [0.25, 0.3) is 0 Å². The molecule has 1 nitrogen and oxygen atoms in total. The van der Waals surface area contributed by atoms with Crippen LogP contribution in [0.25, 0.3) is 6.08 Å². The van der Waals surface area contributed by atoms with E-state index in [4.69, 9.17) is 0 Å². The van der Waals surface area contributed by atoms with Crippen LogP contribution in [0.3, 0.4) is 0 Å². The Balaban J connectivity index is 2.85. The summed E-state index contributed by atoms with van der Waals surface area (Å²) >= 11 is 4.63. The second-order valence-electron chi connectivity index (χ2n) is 1.59. The summed E-state index contributed by atoms with van der Waals surface area (Å²) in [5, 5.41) is 1.58. The lowest BCUT2D eigenvalue weighted by Crippen LogP contribution is -1.70. The zero-order valence-electron chi connectivity index (χ0n) is 4.82. The average molecular weight is 136 g/mol. The van der Waals surface area contributed by atoms with Gasteiger partial charge in [-0.05, 0) is 17.7 Å². The van der Waals surface area contributed by atoms with Gasteiger partial charge in [0.1, 0.15) is 0 Å². The Kier molecular flexibility index (Phi) is 2.22. The summed E-state index contributed by atoms with van der Waals surface area (Å²) < 4.78 is 0. The topological polar surface area (TPSA) is 12.9 Å². The number of hydrogen-bond donors (Lipinski definition) is 0. The molecule has 0 aliphatic rings. The van der Waals surface area contributed by atoms with Gasteiger partial charge in [-0.1, -0.05) is 18.7 Å². The SMILES string of the molecule is [S]/C=C/c1cccnc1. The Morgan fingerprint density at radius 1 is 1.56 bits per heavy atom. The minimum atomic E-state index is 1.05. The zero-order chi connectivity index (χ0) is 6.53. The molecule has 0 atom stereocenters. The van der Waals surface area contributed by atoms with Crippen molar-refractivity contribution in [3.63, 3.8) is 0 Å². The summed E-state index contributed by atoms with van der Waals surface area (Å²) in [4.78, 5) is 3.91. The van der Waals surface area contributed by atoms with Crippen LogP contribution in [-0.4, -0.2) is 4.98 Å². The summed E-state index contributed by atoms with van der Waals surface area (Å²) in [6.07, 6.45) is 5.34. The fourth-order valence-electron chi connectivity index (χ4n) is 0.553. The molecule has 0 bridgehead atoms. The third-order valence-electron chi connectivity index (χ3n) is 0.945. The van der Waals surface area contributed by atoms with Gasteiger partial charge in [0.2, 0.25) is 0 Å². The van der Waals surface area contributed by atoms with Crippen molar-refractivity contribution in [1.29, 1.82) is 0 Å². The first-order chi connectivity index (χ1) is 4.43. The molecule has 0 aromatic carbocycles. The third-order valence-corrected chi connectivity index (χ3v) is 1.08. The summed E-state index contributed by atoms with van der Waals surface area (Å²) in [7, 11) is 0. The molecule has 0 aliphatic heterocycles. The van der Waals surface area contributed by atoms with Crippen molar-refractivity contribution < 1.29 is 0 Å². The molecular weight excluding hydrogens is 130 g/mol. The lowest BCUT2D eigenvalue weighted by molar-refractivity contribution is 1.32. The highest BCUT2D eigenvalue weighted by molar-refractivity contribution is 7.83. The molecule has 0 saturated heterocycles. The van der Waals surface area contributed by atoms with Crippen LogP contribution >= 0.6 is 12.6 Å². The lowest BCUT2D eigenvalue weighted by atomic mass is 10.3. The maximum absolute atomic E-state index is 4.63. The van der Waals surface area contributed by atoms with E-state index >= 15 is 0 Å². The van der Waals surface area contributed by atoms with E-state index in [1.165, 1.54) is 0 Å². The van der Waals surface area contributed by atoms with E-state index in [0.717, 1.165) is 5.56 Å². The number of nitrogens with zero attached hydrogens (tertiary/aromatic N) is 1. The number of hydrogen-bond acceptors (Lipinski definition) is 1. The van der Waals surface area contributed by atoms with Crippen molar-refractivity contribution in [2.75, 3.05) is 0 Å². The van der Waals surface area contributed by atoms with Crippen LogP contribution in [-0.2, 0) is 0 Å². The first kappa shape index (κ1) is 6.23. The fourth-order valence-corrected chi connectivity index (χ4v) is 0.710. The molecule has 1 heterocycles. The number of aromatic nitrogens is 1. The second kappa shape index (κ2) is 3.20. The molecule has 0 spiro atoms. The predicted molar refractivity (Wildman–Crippen MR) is 40.9 cm³/mol. The van der Waals surface area contributed by atoms with Crippen molar-refractivity contribution in [2.45, 2.75) is 0 Å². The Hall–Kier alpha value is -0.890. The highest BCUT2D eigenvalue weighted by Gasteiger charge is 1.79. The number of rotatable bonds is 1. The van der Waals surface area contributed by atoms with Crippen LogP contribution < -0.4 is 0 Å². The van der Waals surface area contributed by atoms with Gasteiger partial charge in [-0.15, -0.1) is 0 Å². The maximum Gasteiger partial charge on any atom is 0.0340 e. The first-order valence-corrected chi connectivity index (χ1v) is 3.09. The molecule has 9 heavy (non-hydrogen) atoms. The standard InChI is InChI=1S/C7H6NS/c9-5-3-7-2-1-4-8-6-7/h1-6H/b5-3+. The monoisotopic (exact) mass is 136 g/mol. The molecule has 0 aliphatic carbocycles. The van der Waals surface area contributed by atoms with Gasteiger partial charge in [0, 0.05) is 17.8 Å². The van der Waals surface area contributed by atoms with Crippen molar-refractivity contribution in [3.8, 4) is 0 Å². The molecule has 1 radical (unpaired) electrons. The van der Waals surface area contributed by atoms with E-state index in [1.807, 2.05) is 18.2 Å². The third kappa shape index (κ3) is 1.82. The van der Waals surface area contributed by atoms with E-state index in [2.05, 4.69) is 17.6 Å². The normalized spacial score (nSPS) is 10.2. The van der Waals surface area contributed by atoms with E-state index < -0.39 is 0 Å². The summed E-state index contributed by atoms with van der Waals surface area (Å²) in [6, 6.07) is 3.83. The minimum Gasteiger partial charge on any atom is -0.264 e. The smallest absolute Gasteiger partial charge is 0.0340 e. The van der Waals surface area contributed by atoms with E-state index in [9.17, 15) is 0 Å². The molecule has 0 saturated carbocycles. The minimum absolute atomic E-state index is 1.05. The predicted octanol–water partition coefficient (Wildman–Crippen LogP) is 2.25. The van der Waals surface area contributed by atoms with Crippen LogP contribution in [0, 0.1) is 0 Å². The zero-order valence-corrected chi connectivity index (χ0v) is 5.64. The lowest BCUT2D eigenvalue weighted by Gasteiger charge is -1.85. The van der Waals surface area contributed by atoms with Crippen LogP contribution in [0.4, 0.5) is 0 Å². The second-order valence-corrected chi connectivity index (χ2v) is 1.86. The Morgan fingerprint density at radius 3 is 3.00 bits per heavy atom. The van der Waals surface area contributed by atoms with Crippen molar-refractivity contribution in [2.24, 2.45) is 0 Å². The first-order valence-electron chi connectivity index (χ1n) is 2.62. The molecule has 0 N–H and O–H groups in total. The average Bonchev–Trinajstić information content (AvgIpc) is 1.91. The number of pyridine rings is 1. The summed E-state index contributed by atoms with van der Waals surface area (Å²) in [5.74, 6) is 0. The van der Waals surface area contributed by atoms with Crippen molar-refractivity contribution >= 4 is 18.7 Å². The van der Waals surface area contributed by atoms with E-state index in [-0.39, 0.29) is 0 Å². The van der Waals surface area contributed by atoms with Crippen molar-refractivity contribution in [3.05, 3.63) is 35.5 Å². The highest BCUT2D eigenvalue weighted by Crippen LogP contribution is 1.98. The van der Waals surface area contributed by atoms with Gasteiger partial charge >= 0.3 is 0 Å². The van der Waals surface area contributed by atoms with E-state index in [0.29, 0.717) is 0 Å². The van der Waals surface area contributed by atoms with Gasteiger partial charge in [-0.3, -0.25) is 4.98 Å². The molecule has 1 aromatic heterocycles. The molecular formula is C7H6NS. The van der Waals surface area contributed by atoms with Crippen LogP contribution in [0.2, 0.25) is 0 Å². The summed E-state index contributed by atoms with van der Waals surface area (Å²) in [5.41, 5.74) is 1.05. The quantitative estimate of drug-likeness (QED) is 0.577. The van der Waals surface area contributed by atoms with Gasteiger partial charge in [-0.25, -0.2) is 0 Å². The molecule has 1 rings (SSSR count). The Morgan fingerprint density at radius 2 is 2.44 bits per heavy atom. The molecule has 0 amide bonds. The van der Waals surface area contributed by atoms with E-state index in [1.54, 1.807) is 17.8 Å². The van der Waals surface area contributed by atoms with Gasteiger partial charge in [0.05, 0.1) is 0 Å². The molecule has 2 heteroatoms. The fraction of sp³-hybridized carbons (Fsp3) is 0. The Labute approximate surface area is 59.8 Å². The van der Waals surface area contributed by atoms with Crippen LogP contribution in [0.5, 0.6) is 0 Å². The summed E-state index contributed by atoms with van der Waals surface area (Å²) in [6.45, 7) is 0.